The molecule has 2 aromatic rings. The predicted octanol–water partition coefficient (Wildman–Crippen LogP) is 3.36. The van der Waals surface area contributed by atoms with Crippen LogP contribution in [0.15, 0.2) is 35.7 Å². The van der Waals surface area contributed by atoms with Crippen LogP contribution in [-0.4, -0.2) is 18.6 Å². The fraction of sp³-hybridized carbons (Fsp3) is 0.333. The van der Waals surface area contributed by atoms with Crippen LogP contribution in [0, 0.1) is 0 Å². The molecule has 0 spiro atoms. The summed E-state index contributed by atoms with van der Waals surface area (Å²) >= 11 is 1.79. The molecule has 0 amide bonds. The minimum Gasteiger partial charge on any atom is -0.497 e. The molecular weight excluding hydrogens is 256 g/mol. The van der Waals surface area contributed by atoms with E-state index < -0.39 is 0 Å². The zero-order chi connectivity index (χ0) is 13.7. The van der Waals surface area contributed by atoms with Crippen LogP contribution in [0.1, 0.15) is 17.4 Å². The highest BCUT2D eigenvalue weighted by Crippen LogP contribution is 2.22. The van der Waals surface area contributed by atoms with Crippen molar-refractivity contribution in [1.29, 1.82) is 0 Å². The van der Waals surface area contributed by atoms with Crippen LogP contribution < -0.4 is 10.5 Å². The number of hydrogen-bond donors (Lipinski definition) is 1. The molecule has 0 bridgehead atoms. The smallest absolute Gasteiger partial charge is 0.119 e. The zero-order valence-electron chi connectivity index (χ0n) is 11.4. The fourth-order valence-electron chi connectivity index (χ4n) is 1.99. The standard InChI is InChI=1S/C15H20N2OS/c1-3-17(11-14-5-4-8-19-14)10-12-9-13(18-2)6-7-15(12)16/h4-9H,3,10-11,16H2,1-2H3. The zero-order valence-corrected chi connectivity index (χ0v) is 12.2. The first-order valence-corrected chi connectivity index (χ1v) is 7.28. The number of benzene rings is 1. The minimum absolute atomic E-state index is 0.824. The van der Waals surface area contributed by atoms with Gasteiger partial charge in [0.15, 0.2) is 0 Å². The number of thiophene rings is 1. The molecule has 4 heteroatoms. The van der Waals surface area contributed by atoms with E-state index in [0.717, 1.165) is 36.6 Å². The monoisotopic (exact) mass is 276 g/mol. The van der Waals surface area contributed by atoms with Crippen LogP contribution in [0.3, 0.4) is 0 Å². The van der Waals surface area contributed by atoms with Gasteiger partial charge in [0, 0.05) is 23.7 Å². The van der Waals surface area contributed by atoms with Crippen molar-refractivity contribution in [3.8, 4) is 5.75 Å². The molecule has 0 radical (unpaired) electrons. The summed E-state index contributed by atoms with van der Waals surface area (Å²) in [4.78, 5) is 3.75. The van der Waals surface area contributed by atoms with Gasteiger partial charge < -0.3 is 10.5 Å². The van der Waals surface area contributed by atoms with Gasteiger partial charge in [-0.2, -0.15) is 0 Å². The van der Waals surface area contributed by atoms with Gasteiger partial charge in [-0.3, -0.25) is 4.90 Å². The third kappa shape index (κ3) is 3.72. The maximum atomic E-state index is 6.04. The van der Waals surface area contributed by atoms with Crippen molar-refractivity contribution in [2.45, 2.75) is 20.0 Å². The summed E-state index contributed by atoms with van der Waals surface area (Å²) in [5.74, 6) is 0.858. The second-order valence-electron chi connectivity index (χ2n) is 4.45. The first-order valence-electron chi connectivity index (χ1n) is 6.40. The second kappa shape index (κ2) is 6.59. The average Bonchev–Trinajstić information content (AvgIpc) is 2.93. The fourth-order valence-corrected chi connectivity index (χ4v) is 2.74. The van der Waals surface area contributed by atoms with Crippen molar-refractivity contribution in [3.05, 3.63) is 46.2 Å². The maximum absolute atomic E-state index is 6.04. The Labute approximate surface area is 118 Å². The first-order chi connectivity index (χ1) is 9.22. The molecule has 1 heterocycles. The molecule has 0 fully saturated rings. The van der Waals surface area contributed by atoms with E-state index in [0.29, 0.717) is 0 Å². The number of rotatable bonds is 6. The van der Waals surface area contributed by atoms with E-state index in [4.69, 9.17) is 10.5 Å². The van der Waals surface area contributed by atoms with Crippen LogP contribution in [0.25, 0.3) is 0 Å². The van der Waals surface area contributed by atoms with Gasteiger partial charge in [-0.25, -0.2) is 0 Å². The molecule has 0 aliphatic heterocycles. The van der Waals surface area contributed by atoms with E-state index in [-0.39, 0.29) is 0 Å². The normalized spacial score (nSPS) is 10.9. The first kappa shape index (κ1) is 13.9. The highest BCUT2D eigenvalue weighted by Gasteiger charge is 2.09. The Bertz CT molecular complexity index is 511. The summed E-state index contributed by atoms with van der Waals surface area (Å²) in [6.45, 7) is 4.97. The SMILES string of the molecule is CCN(Cc1cccs1)Cc1cc(OC)ccc1N. The highest BCUT2D eigenvalue weighted by atomic mass is 32.1. The lowest BCUT2D eigenvalue weighted by Gasteiger charge is -2.21. The van der Waals surface area contributed by atoms with E-state index >= 15 is 0 Å². The van der Waals surface area contributed by atoms with Crippen molar-refractivity contribution < 1.29 is 4.74 Å². The van der Waals surface area contributed by atoms with E-state index in [1.165, 1.54) is 4.88 Å². The van der Waals surface area contributed by atoms with Crippen molar-refractivity contribution in [1.82, 2.24) is 4.90 Å². The molecule has 0 atom stereocenters. The van der Waals surface area contributed by atoms with Crippen LogP contribution in [0.2, 0.25) is 0 Å². The van der Waals surface area contributed by atoms with Crippen molar-refractivity contribution in [3.63, 3.8) is 0 Å². The lowest BCUT2D eigenvalue weighted by molar-refractivity contribution is 0.274. The number of hydrogen-bond acceptors (Lipinski definition) is 4. The minimum atomic E-state index is 0.824. The molecule has 0 unspecified atom stereocenters. The number of ether oxygens (including phenoxy) is 1. The summed E-state index contributed by atoms with van der Waals surface area (Å²) in [6, 6.07) is 10.1. The third-order valence-corrected chi connectivity index (χ3v) is 4.01. The van der Waals surface area contributed by atoms with Gasteiger partial charge in [0.25, 0.3) is 0 Å². The number of nitrogen functional groups attached to an aromatic ring is 1. The summed E-state index contributed by atoms with van der Waals surface area (Å²) in [7, 11) is 1.68. The van der Waals surface area contributed by atoms with Crippen LogP contribution >= 0.6 is 11.3 Å². The molecule has 0 saturated carbocycles. The van der Waals surface area contributed by atoms with Gasteiger partial charge in [0.05, 0.1) is 7.11 Å². The van der Waals surface area contributed by atoms with Crippen LogP contribution in [0.5, 0.6) is 5.75 Å². The Morgan fingerprint density at radius 2 is 2.11 bits per heavy atom. The third-order valence-electron chi connectivity index (χ3n) is 3.15. The Morgan fingerprint density at radius 1 is 1.26 bits per heavy atom. The second-order valence-corrected chi connectivity index (χ2v) is 5.48. The van der Waals surface area contributed by atoms with E-state index in [1.807, 2.05) is 18.2 Å². The van der Waals surface area contributed by atoms with Gasteiger partial charge in [0.1, 0.15) is 5.75 Å². The highest BCUT2D eigenvalue weighted by molar-refractivity contribution is 7.09. The van der Waals surface area contributed by atoms with Crippen molar-refractivity contribution in [2.75, 3.05) is 19.4 Å². The Morgan fingerprint density at radius 3 is 2.74 bits per heavy atom. The molecule has 3 nitrogen and oxygen atoms in total. The topological polar surface area (TPSA) is 38.5 Å². The lowest BCUT2D eigenvalue weighted by atomic mass is 10.1. The van der Waals surface area contributed by atoms with Crippen LogP contribution in [0.4, 0.5) is 5.69 Å². The molecule has 2 N–H and O–H groups in total. The van der Waals surface area contributed by atoms with Gasteiger partial charge in [-0.05, 0) is 41.8 Å². The lowest BCUT2D eigenvalue weighted by Crippen LogP contribution is -2.22. The molecule has 0 saturated heterocycles. The Kier molecular flexibility index (Phi) is 4.82. The number of nitrogens with two attached hydrogens (primary N) is 1. The van der Waals surface area contributed by atoms with Gasteiger partial charge in [-0.1, -0.05) is 13.0 Å². The molecule has 0 aliphatic carbocycles. The summed E-state index contributed by atoms with van der Waals surface area (Å²) in [5, 5.41) is 2.11. The van der Waals surface area contributed by atoms with E-state index in [2.05, 4.69) is 29.3 Å². The van der Waals surface area contributed by atoms with Gasteiger partial charge in [0.2, 0.25) is 0 Å². The largest absolute Gasteiger partial charge is 0.497 e. The summed E-state index contributed by atoms with van der Waals surface area (Å²) < 4.78 is 5.26. The molecule has 1 aromatic heterocycles. The Balaban J connectivity index is 2.09. The Hall–Kier alpha value is -1.52. The molecule has 102 valence electrons. The molecule has 0 aliphatic rings. The molecule has 1 aromatic carbocycles. The molecule has 2 rings (SSSR count). The maximum Gasteiger partial charge on any atom is 0.119 e. The average molecular weight is 276 g/mol. The van der Waals surface area contributed by atoms with E-state index in [9.17, 15) is 0 Å². The number of nitrogens with zero attached hydrogens (tertiary/aromatic N) is 1. The number of methoxy groups -OCH3 is 1. The summed E-state index contributed by atoms with van der Waals surface area (Å²) in [5.41, 5.74) is 7.99. The van der Waals surface area contributed by atoms with Gasteiger partial charge >= 0.3 is 0 Å². The van der Waals surface area contributed by atoms with Crippen molar-refractivity contribution >= 4 is 17.0 Å². The quantitative estimate of drug-likeness (QED) is 0.822. The van der Waals surface area contributed by atoms with E-state index in [1.54, 1.807) is 18.4 Å². The van der Waals surface area contributed by atoms with Gasteiger partial charge in [-0.15, -0.1) is 11.3 Å². The molecule has 19 heavy (non-hydrogen) atoms. The molecular formula is C15H20N2OS. The summed E-state index contributed by atoms with van der Waals surface area (Å²) in [6.07, 6.45) is 0. The van der Waals surface area contributed by atoms with Crippen LogP contribution in [-0.2, 0) is 13.1 Å². The predicted molar refractivity (Wildman–Crippen MR) is 81.5 cm³/mol. The number of anilines is 1. The van der Waals surface area contributed by atoms with Crippen molar-refractivity contribution in [2.24, 2.45) is 0 Å².